The molecule has 0 aliphatic rings. The number of amides is 1. The first kappa shape index (κ1) is 21.0. The van der Waals surface area contributed by atoms with Gasteiger partial charge in [-0.25, -0.2) is 0 Å². The van der Waals surface area contributed by atoms with Gasteiger partial charge < -0.3 is 24.3 Å². The monoisotopic (exact) mass is 407 g/mol. The normalized spacial score (nSPS) is 10.2. The second-order valence-electron chi connectivity index (χ2n) is 6.38. The molecule has 3 aromatic carbocycles. The molecule has 0 radical (unpaired) electrons. The number of nitrogens with one attached hydrogen (secondary N) is 1. The molecule has 0 unspecified atom stereocenters. The van der Waals surface area contributed by atoms with Crippen molar-refractivity contribution in [2.24, 2.45) is 0 Å². The predicted octanol–water partition coefficient (Wildman–Crippen LogP) is 4.79. The van der Waals surface area contributed by atoms with Gasteiger partial charge in [0, 0.05) is 11.3 Å². The minimum absolute atomic E-state index is 0.0993. The predicted molar refractivity (Wildman–Crippen MR) is 117 cm³/mol. The van der Waals surface area contributed by atoms with E-state index in [0.29, 0.717) is 23.8 Å². The highest BCUT2D eigenvalue weighted by Gasteiger charge is 2.10. The number of rotatable bonds is 9. The van der Waals surface area contributed by atoms with Gasteiger partial charge in [0.25, 0.3) is 5.91 Å². The van der Waals surface area contributed by atoms with Gasteiger partial charge in [-0.05, 0) is 67.1 Å². The lowest BCUT2D eigenvalue weighted by Gasteiger charge is -2.13. The number of methoxy groups -OCH3 is 2. The SMILES string of the molecule is CCOc1ccc(OCC(=O)Nc2ccc(OC)c(-c3ccc(OC)cc3)c2)cc1. The average molecular weight is 407 g/mol. The Morgan fingerprint density at radius 3 is 2.03 bits per heavy atom. The van der Waals surface area contributed by atoms with Crippen molar-refractivity contribution in [3.8, 4) is 34.1 Å². The topological polar surface area (TPSA) is 66.0 Å². The van der Waals surface area contributed by atoms with Gasteiger partial charge in [-0.2, -0.15) is 0 Å². The Hall–Kier alpha value is -3.67. The molecule has 3 rings (SSSR count). The zero-order chi connectivity index (χ0) is 21.3. The quantitative estimate of drug-likeness (QED) is 0.553. The molecule has 1 N–H and O–H groups in total. The summed E-state index contributed by atoms with van der Waals surface area (Å²) in [5.74, 6) is 2.59. The average Bonchev–Trinajstić information content (AvgIpc) is 2.79. The number of ether oxygens (including phenoxy) is 4. The van der Waals surface area contributed by atoms with E-state index < -0.39 is 0 Å². The molecule has 30 heavy (non-hydrogen) atoms. The fourth-order valence-corrected chi connectivity index (χ4v) is 2.93. The van der Waals surface area contributed by atoms with Gasteiger partial charge in [-0.1, -0.05) is 12.1 Å². The third-order valence-electron chi connectivity index (χ3n) is 4.39. The van der Waals surface area contributed by atoms with E-state index in [4.69, 9.17) is 18.9 Å². The second kappa shape index (κ2) is 10.2. The summed E-state index contributed by atoms with van der Waals surface area (Å²) < 4.78 is 21.6. The standard InChI is InChI=1S/C24H25NO5/c1-4-29-20-10-12-21(13-11-20)30-16-24(26)25-18-7-14-23(28-3)22(15-18)17-5-8-19(27-2)9-6-17/h5-15H,4,16H2,1-3H3,(H,25,26). The molecule has 0 aliphatic heterocycles. The van der Waals surface area contributed by atoms with Crippen molar-refractivity contribution in [2.75, 3.05) is 32.8 Å². The highest BCUT2D eigenvalue weighted by atomic mass is 16.5. The zero-order valence-corrected chi connectivity index (χ0v) is 17.3. The lowest BCUT2D eigenvalue weighted by atomic mass is 10.0. The minimum atomic E-state index is -0.255. The highest BCUT2D eigenvalue weighted by Crippen LogP contribution is 2.33. The molecule has 0 fully saturated rings. The van der Waals surface area contributed by atoms with E-state index in [2.05, 4.69) is 5.32 Å². The van der Waals surface area contributed by atoms with Crippen LogP contribution in [0.5, 0.6) is 23.0 Å². The van der Waals surface area contributed by atoms with Crippen LogP contribution in [0.4, 0.5) is 5.69 Å². The molecule has 156 valence electrons. The van der Waals surface area contributed by atoms with Crippen molar-refractivity contribution in [1.82, 2.24) is 0 Å². The summed E-state index contributed by atoms with van der Waals surface area (Å²) in [7, 11) is 3.24. The Balaban J connectivity index is 1.66. The number of hydrogen-bond acceptors (Lipinski definition) is 5. The van der Waals surface area contributed by atoms with Crippen molar-refractivity contribution in [3.63, 3.8) is 0 Å². The third-order valence-corrected chi connectivity index (χ3v) is 4.39. The van der Waals surface area contributed by atoms with Crippen LogP contribution in [0.1, 0.15) is 6.92 Å². The molecule has 0 bridgehead atoms. The molecule has 0 atom stereocenters. The van der Waals surface area contributed by atoms with Gasteiger partial charge in [0.05, 0.1) is 20.8 Å². The van der Waals surface area contributed by atoms with Crippen molar-refractivity contribution in [1.29, 1.82) is 0 Å². The zero-order valence-electron chi connectivity index (χ0n) is 17.3. The van der Waals surface area contributed by atoms with Gasteiger partial charge in [0.2, 0.25) is 0 Å². The molecule has 1 amide bonds. The molecule has 0 aromatic heterocycles. The third kappa shape index (κ3) is 5.44. The summed E-state index contributed by atoms with van der Waals surface area (Å²) in [6.45, 7) is 2.43. The Kier molecular flexibility index (Phi) is 7.16. The molecular weight excluding hydrogens is 382 g/mol. The molecular formula is C24H25NO5. The van der Waals surface area contributed by atoms with Crippen LogP contribution >= 0.6 is 0 Å². The maximum Gasteiger partial charge on any atom is 0.262 e. The smallest absolute Gasteiger partial charge is 0.262 e. The lowest BCUT2D eigenvalue weighted by Crippen LogP contribution is -2.20. The molecule has 0 saturated carbocycles. The summed E-state index contributed by atoms with van der Waals surface area (Å²) in [6, 6.07) is 20.3. The van der Waals surface area contributed by atoms with Crippen LogP contribution in [0.3, 0.4) is 0 Å². The van der Waals surface area contributed by atoms with Gasteiger partial charge in [0.1, 0.15) is 23.0 Å². The number of anilines is 1. The van der Waals surface area contributed by atoms with Crippen LogP contribution in [-0.4, -0.2) is 33.3 Å². The molecule has 3 aromatic rings. The van der Waals surface area contributed by atoms with Crippen LogP contribution in [-0.2, 0) is 4.79 Å². The van der Waals surface area contributed by atoms with Crippen LogP contribution in [0.2, 0.25) is 0 Å². The Labute approximate surface area is 176 Å². The fourth-order valence-electron chi connectivity index (χ4n) is 2.93. The Morgan fingerprint density at radius 2 is 1.43 bits per heavy atom. The number of hydrogen-bond donors (Lipinski definition) is 1. The summed E-state index contributed by atoms with van der Waals surface area (Å²) >= 11 is 0. The summed E-state index contributed by atoms with van der Waals surface area (Å²) in [6.07, 6.45) is 0. The Bertz CT molecular complexity index is 968. The molecule has 6 heteroatoms. The van der Waals surface area contributed by atoms with E-state index in [1.807, 2.05) is 43.3 Å². The summed E-state index contributed by atoms with van der Waals surface area (Å²) in [4.78, 5) is 12.3. The fraction of sp³-hybridized carbons (Fsp3) is 0.208. The minimum Gasteiger partial charge on any atom is -0.497 e. The lowest BCUT2D eigenvalue weighted by molar-refractivity contribution is -0.118. The number of benzene rings is 3. The molecule has 6 nitrogen and oxygen atoms in total. The maximum absolute atomic E-state index is 12.3. The van der Waals surface area contributed by atoms with Crippen molar-refractivity contribution in [2.45, 2.75) is 6.92 Å². The molecule has 0 heterocycles. The Morgan fingerprint density at radius 1 is 0.800 bits per heavy atom. The van der Waals surface area contributed by atoms with Gasteiger partial charge >= 0.3 is 0 Å². The first-order chi connectivity index (χ1) is 14.6. The van der Waals surface area contributed by atoms with E-state index in [9.17, 15) is 4.79 Å². The van der Waals surface area contributed by atoms with Crippen molar-refractivity contribution >= 4 is 11.6 Å². The van der Waals surface area contributed by atoms with Gasteiger partial charge in [-0.3, -0.25) is 4.79 Å². The van der Waals surface area contributed by atoms with Crippen molar-refractivity contribution < 1.29 is 23.7 Å². The maximum atomic E-state index is 12.3. The van der Waals surface area contributed by atoms with E-state index in [0.717, 1.165) is 22.6 Å². The van der Waals surface area contributed by atoms with Gasteiger partial charge in [-0.15, -0.1) is 0 Å². The van der Waals surface area contributed by atoms with E-state index >= 15 is 0 Å². The molecule has 0 aliphatic carbocycles. The van der Waals surface area contributed by atoms with Crippen LogP contribution < -0.4 is 24.3 Å². The van der Waals surface area contributed by atoms with Crippen LogP contribution in [0, 0.1) is 0 Å². The molecule has 0 saturated heterocycles. The van der Waals surface area contributed by atoms with Crippen LogP contribution in [0.25, 0.3) is 11.1 Å². The molecule has 0 spiro atoms. The second-order valence-corrected chi connectivity index (χ2v) is 6.38. The first-order valence-corrected chi connectivity index (χ1v) is 9.61. The summed E-state index contributed by atoms with van der Waals surface area (Å²) in [5, 5.41) is 2.86. The van der Waals surface area contributed by atoms with E-state index in [-0.39, 0.29) is 12.5 Å². The largest absolute Gasteiger partial charge is 0.497 e. The number of carbonyl (C=O) groups excluding carboxylic acids is 1. The van der Waals surface area contributed by atoms with Gasteiger partial charge in [0.15, 0.2) is 6.61 Å². The van der Waals surface area contributed by atoms with E-state index in [1.54, 1.807) is 44.6 Å². The first-order valence-electron chi connectivity index (χ1n) is 9.61. The van der Waals surface area contributed by atoms with E-state index in [1.165, 1.54) is 0 Å². The highest BCUT2D eigenvalue weighted by molar-refractivity contribution is 5.93. The summed E-state index contributed by atoms with van der Waals surface area (Å²) in [5.41, 5.74) is 2.47. The van der Waals surface area contributed by atoms with Crippen LogP contribution in [0.15, 0.2) is 66.7 Å². The number of carbonyl (C=O) groups is 1. The van der Waals surface area contributed by atoms with Crippen molar-refractivity contribution in [3.05, 3.63) is 66.7 Å².